The van der Waals surface area contributed by atoms with Gasteiger partial charge in [0.25, 0.3) is 0 Å². The van der Waals surface area contributed by atoms with Gasteiger partial charge in [-0.1, -0.05) is 72.8 Å². The minimum Gasteiger partial charge on any atom is -0.265 e. The third-order valence-electron chi connectivity index (χ3n) is 5.76. The van der Waals surface area contributed by atoms with Crippen molar-refractivity contribution in [3.8, 4) is 33.9 Å². The maximum Gasteiger partial charge on any atom is 0.160 e. The quantitative estimate of drug-likeness (QED) is 0.291. The second-order valence-electron chi connectivity index (χ2n) is 7.79. The predicted molar refractivity (Wildman–Crippen MR) is 131 cm³/mol. The van der Waals surface area contributed by atoms with Crippen LogP contribution in [0, 0.1) is 0 Å². The summed E-state index contributed by atoms with van der Waals surface area (Å²) in [6.07, 6.45) is 3.55. The Morgan fingerprint density at radius 2 is 1.16 bits per heavy atom. The van der Waals surface area contributed by atoms with Crippen LogP contribution in [0.3, 0.4) is 0 Å². The summed E-state index contributed by atoms with van der Waals surface area (Å²) in [4.78, 5) is 14.0. The molecule has 3 heteroatoms. The van der Waals surface area contributed by atoms with Crippen LogP contribution in [0.2, 0.25) is 0 Å². The van der Waals surface area contributed by atoms with Crippen LogP contribution in [0.15, 0.2) is 116 Å². The lowest BCUT2D eigenvalue weighted by atomic mass is 9.97. The largest absolute Gasteiger partial charge is 0.265 e. The number of fused-ring (bicyclic) bond motifs is 2. The van der Waals surface area contributed by atoms with E-state index in [2.05, 4.69) is 77.8 Å². The summed E-state index contributed by atoms with van der Waals surface area (Å²) in [6, 6.07) is 35.6. The molecule has 150 valence electrons. The standard InChI is InChI=1S/C29H19N3/c1-2-7-20(8-3-1)27-19-28(32-29(31-27)21-13-15-30-16-14-21)25-12-6-11-24-17-22-9-4-5-10-23(22)18-26(24)25/h1-19H. The lowest BCUT2D eigenvalue weighted by Crippen LogP contribution is -1.96. The van der Waals surface area contributed by atoms with Gasteiger partial charge in [-0.25, -0.2) is 9.97 Å². The van der Waals surface area contributed by atoms with Gasteiger partial charge in [0.1, 0.15) is 0 Å². The first-order valence-electron chi connectivity index (χ1n) is 10.6. The van der Waals surface area contributed by atoms with Gasteiger partial charge in [-0.15, -0.1) is 0 Å². The highest BCUT2D eigenvalue weighted by atomic mass is 14.9. The zero-order valence-corrected chi connectivity index (χ0v) is 17.3. The van der Waals surface area contributed by atoms with Crippen molar-refractivity contribution in [3.63, 3.8) is 0 Å². The van der Waals surface area contributed by atoms with Crippen molar-refractivity contribution in [2.24, 2.45) is 0 Å². The highest BCUT2D eigenvalue weighted by Crippen LogP contribution is 2.33. The molecule has 4 aromatic carbocycles. The number of rotatable bonds is 3. The summed E-state index contributed by atoms with van der Waals surface area (Å²) >= 11 is 0. The molecule has 0 spiro atoms. The van der Waals surface area contributed by atoms with E-state index in [4.69, 9.17) is 9.97 Å². The average molecular weight is 409 g/mol. The van der Waals surface area contributed by atoms with Gasteiger partial charge in [0.2, 0.25) is 0 Å². The highest BCUT2D eigenvalue weighted by Gasteiger charge is 2.13. The van der Waals surface area contributed by atoms with E-state index in [1.807, 2.05) is 30.3 Å². The van der Waals surface area contributed by atoms with Crippen LogP contribution in [0.5, 0.6) is 0 Å². The van der Waals surface area contributed by atoms with Crippen molar-refractivity contribution in [1.82, 2.24) is 15.0 Å². The molecule has 6 aromatic rings. The topological polar surface area (TPSA) is 38.7 Å². The first-order chi connectivity index (χ1) is 15.8. The van der Waals surface area contributed by atoms with E-state index < -0.39 is 0 Å². The first kappa shape index (κ1) is 18.4. The summed E-state index contributed by atoms with van der Waals surface area (Å²) in [5.41, 5.74) is 4.93. The van der Waals surface area contributed by atoms with Crippen molar-refractivity contribution in [3.05, 3.63) is 116 Å². The summed E-state index contributed by atoms with van der Waals surface area (Å²) in [7, 11) is 0. The number of benzene rings is 4. The molecule has 3 nitrogen and oxygen atoms in total. The second kappa shape index (κ2) is 7.71. The fourth-order valence-corrected chi connectivity index (χ4v) is 4.16. The molecule has 0 saturated carbocycles. The minimum atomic E-state index is 0.696. The summed E-state index contributed by atoms with van der Waals surface area (Å²) < 4.78 is 0. The molecule has 0 atom stereocenters. The summed E-state index contributed by atoms with van der Waals surface area (Å²) in [6.45, 7) is 0. The van der Waals surface area contributed by atoms with Gasteiger partial charge in [0.05, 0.1) is 11.4 Å². The Bertz CT molecular complexity index is 1500. The molecule has 0 radical (unpaired) electrons. The van der Waals surface area contributed by atoms with Crippen LogP contribution >= 0.6 is 0 Å². The van der Waals surface area contributed by atoms with Gasteiger partial charge in [-0.05, 0) is 51.9 Å². The summed E-state index contributed by atoms with van der Waals surface area (Å²) in [5, 5.41) is 4.84. The van der Waals surface area contributed by atoms with E-state index in [1.165, 1.54) is 21.5 Å². The van der Waals surface area contributed by atoms with Crippen molar-refractivity contribution in [2.45, 2.75) is 0 Å². The second-order valence-corrected chi connectivity index (χ2v) is 7.79. The summed E-state index contributed by atoms with van der Waals surface area (Å²) in [5.74, 6) is 0.696. The zero-order valence-electron chi connectivity index (χ0n) is 17.3. The molecule has 0 fully saturated rings. The van der Waals surface area contributed by atoms with Gasteiger partial charge < -0.3 is 0 Å². The fraction of sp³-hybridized carbons (Fsp3) is 0. The molecule has 0 saturated heterocycles. The van der Waals surface area contributed by atoms with Crippen LogP contribution in [-0.2, 0) is 0 Å². The van der Waals surface area contributed by atoms with E-state index in [0.717, 1.165) is 28.1 Å². The third-order valence-corrected chi connectivity index (χ3v) is 5.76. The zero-order chi connectivity index (χ0) is 21.3. The van der Waals surface area contributed by atoms with E-state index in [-0.39, 0.29) is 0 Å². The predicted octanol–water partition coefficient (Wildman–Crippen LogP) is 7.18. The molecule has 2 heterocycles. The molecule has 0 N–H and O–H groups in total. The van der Waals surface area contributed by atoms with Crippen LogP contribution in [0.25, 0.3) is 55.4 Å². The number of hydrogen-bond acceptors (Lipinski definition) is 3. The SMILES string of the molecule is c1ccc(-c2cc(-c3cccc4cc5ccccc5cc34)nc(-c3ccncc3)n2)cc1. The Labute approximate surface area is 186 Å². The number of nitrogens with zero attached hydrogens (tertiary/aromatic N) is 3. The van der Waals surface area contributed by atoms with Crippen LogP contribution in [0.1, 0.15) is 0 Å². The van der Waals surface area contributed by atoms with E-state index in [1.54, 1.807) is 12.4 Å². The van der Waals surface area contributed by atoms with Crippen molar-refractivity contribution in [1.29, 1.82) is 0 Å². The molecule has 0 unspecified atom stereocenters. The van der Waals surface area contributed by atoms with Gasteiger partial charge in [0, 0.05) is 29.1 Å². The lowest BCUT2D eigenvalue weighted by molar-refractivity contribution is 1.18. The van der Waals surface area contributed by atoms with E-state index in [9.17, 15) is 0 Å². The van der Waals surface area contributed by atoms with Crippen LogP contribution < -0.4 is 0 Å². The van der Waals surface area contributed by atoms with Gasteiger partial charge in [0.15, 0.2) is 5.82 Å². The Morgan fingerprint density at radius 1 is 0.469 bits per heavy atom. The molecule has 0 amide bonds. The first-order valence-corrected chi connectivity index (χ1v) is 10.6. The maximum atomic E-state index is 4.99. The Kier molecular flexibility index (Phi) is 4.43. The average Bonchev–Trinajstić information content (AvgIpc) is 2.88. The maximum absolute atomic E-state index is 4.99. The van der Waals surface area contributed by atoms with E-state index >= 15 is 0 Å². The van der Waals surface area contributed by atoms with Crippen LogP contribution in [-0.4, -0.2) is 15.0 Å². The van der Waals surface area contributed by atoms with Gasteiger partial charge in [-0.3, -0.25) is 4.98 Å². The van der Waals surface area contributed by atoms with Gasteiger partial charge in [-0.2, -0.15) is 0 Å². The molecule has 0 aliphatic heterocycles. The molecule has 0 aliphatic rings. The van der Waals surface area contributed by atoms with Crippen molar-refractivity contribution in [2.75, 3.05) is 0 Å². The Morgan fingerprint density at radius 3 is 1.97 bits per heavy atom. The molecule has 6 rings (SSSR count). The molecular formula is C29H19N3. The third kappa shape index (κ3) is 3.30. The molecule has 0 bridgehead atoms. The monoisotopic (exact) mass is 409 g/mol. The lowest BCUT2D eigenvalue weighted by Gasteiger charge is -2.12. The van der Waals surface area contributed by atoms with E-state index in [0.29, 0.717) is 5.82 Å². The normalized spacial score (nSPS) is 11.1. The Balaban J connectivity index is 1.63. The van der Waals surface area contributed by atoms with Crippen molar-refractivity contribution < 1.29 is 0 Å². The van der Waals surface area contributed by atoms with Crippen molar-refractivity contribution >= 4 is 21.5 Å². The number of pyridine rings is 1. The highest BCUT2D eigenvalue weighted by molar-refractivity contribution is 6.04. The smallest absolute Gasteiger partial charge is 0.160 e. The molecule has 2 aromatic heterocycles. The van der Waals surface area contributed by atoms with Crippen LogP contribution in [0.4, 0.5) is 0 Å². The Hall–Kier alpha value is -4.37. The molecule has 0 aliphatic carbocycles. The molecular weight excluding hydrogens is 390 g/mol. The van der Waals surface area contributed by atoms with Gasteiger partial charge >= 0.3 is 0 Å². The molecule has 32 heavy (non-hydrogen) atoms. The number of hydrogen-bond donors (Lipinski definition) is 0. The fourth-order valence-electron chi connectivity index (χ4n) is 4.16. The minimum absolute atomic E-state index is 0.696. The number of aromatic nitrogens is 3.